The highest BCUT2D eigenvalue weighted by atomic mass is 16.2. The molecule has 0 amide bonds. The Labute approximate surface area is 174 Å². The molecule has 0 spiro atoms. The van der Waals surface area contributed by atoms with E-state index in [1.54, 1.807) is 0 Å². The number of hydrogen-bond acceptors (Lipinski definition) is 5. The van der Waals surface area contributed by atoms with E-state index in [0.717, 1.165) is 41.5 Å². The minimum Gasteiger partial charge on any atom is -0.321 e. The van der Waals surface area contributed by atoms with E-state index in [4.69, 9.17) is 0 Å². The molecule has 0 saturated carbocycles. The Morgan fingerprint density at radius 3 is 2.57 bits per heavy atom. The fourth-order valence-corrected chi connectivity index (χ4v) is 3.65. The fraction of sp³-hybridized carbons (Fsp3) is 0.304. The summed E-state index contributed by atoms with van der Waals surface area (Å²) in [6.45, 7) is 6.22. The van der Waals surface area contributed by atoms with Gasteiger partial charge in [-0.05, 0) is 62.1 Å². The second-order valence-corrected chi connectivity index (χ2v) is 7.57. The van der Waals surface area contributed by atoms with E-state index < -0.39 is 11.2 Å². The van der Waals surface area contributed by atoms with Crippen LogP contribution in [0.5, 0.6) is 0 Å². The molecule has 30 heavy (non-hydrogen) atoms. The van der Waals surface area contributed by atoms with Crippen molar-refractivity contribution in [2.45, 2.75) is 33.2 Å². The van der Waals surface area contributed by atoms with Crippen molar-refractivity contribution in [1.29, 1.82) is 0 Å². The molecule has 2 aliphatic rings. The summed E-state index contributed by atoms with van der Waals surface area (Å²) in [6, 6.07) is 14.4. The first-order chi connectivity index (χ1) is 14.5. The lowest BCUT2D eigenvalue weighted by atomic mass is 10.1. The average Bonchev–Trinajstić information content (AvgIpc) is 2.72. The lowest BCUT2D eigenvalue weighted by Gasteiger charge is -2.18. The van der Waals surface area contributed by atoms with Gasteiger partial charge in [-0.3, -0.25) is 9.78 Å². The molecule has 4 rings (SSSR count). The summed E-state index contributed by atoms with van der Waals surface area (Å²) in [5, 5.41) is 3.46. The largest absolute Gasteiger partial charge is 0.349 e. The normalized spacial score (nSPS) is 11.4. The zero-order valence-electron chi connectivity index (χ0n) is 17.2. The first kappa shape index (κ1) is 20.0. The van der Waals surface area contributed by atoms with E-state index in [-0.39, 0.29) is 5.69 Å². The van der Waals surface area contributed by atoms with Crippen LogP contribution < -0.4 is 16.6 Å². The van der Waals surface area contributed by atoms with Crippen molar-refractivity contribution in [1.82, 2.24) is 24.8 Å². The SMILES string of the molecule is Cc1cc2nc3c(=O)[nH]c(=O)nc-3n(CCNCCCc3ccccc3)c2cc1C. The third-order valence-electron chi connectivity index (χ3n) is 5.40. The number of rotatable bonds is 7. The van der Waals surface area contributed by atoms with Crippen molar-refractivity contribution < 1.29 is 0 Å². The summed E-state index contributed by atoms with van der Waals surface area (Å²) in [4.78, 5) is 34.9. The summed E-state index contributed by atoms with van der Waals surface area (Å²) in [7, 11) is 0. The molecule has 2 aromatic carbocycles. The van der Waals surface area contributed by atoms with Crippen molar-refractivity contribution in [3.63, 3.8) is 0 Å². The molecule has 0 aliphatic carbocycles. The van der Waals surface area contributed by atoms with Crippen molar-refractivity contribution >= 4 is 11.0 Å². The summed E-state index contributed by atoms with van der Waals surface area (Å²) in [5.41, 5.74) is 4.18. The third kappa shape index (κ3) is 4.16. The molecule has 0 radical (unpaired) electrons. The number of nitrogens with one attached hydrogen (secondary N) is 2. The van der Waals surface area contributed by atoms with Gasteiger partial charge in [0.15, 0.2) is 11.5 Å². The Bertz CT molecular complexity index is 1260. The van der Waals surface area contributed by atoms with Gasteiger partial charge in [-0.1, -0.05) is 30.3 Å². The molecule has 0 unspecified atom stereocenters. The van der Waals surface area contributed by atoms with E-state index >= 15 is 0 Å². The number of aromatic amines is 1. The van der Waals surface area contributed by atoms with Crippen LogP contribution in [0.25, 0.3) is 22.6 Å². The van der Waals surface area contributed by atoms with E-state index in [1.807, 2.05) is 36.6 Å². The van der Waals surface area contributed by atoms with Gasteiger partial charge >= 0.3 is 5.69 Å². The van der Waals surface area contributed by atoms with Crippen LogP contribution in [0.3, 0.4) is 0 Å². The first-order valence-corrected chi connectivity index (χ1v) is 10.2. The van der Waals surface area contributed by atoms with Crippen LogP contribution in [0.15, 0.2) is 52.1 Å². The maximum Gasteiger partial charge on any atom is 0.349 e. The molecule has 7 heteroatoms. The van der Waals surface area contributed by atoms with E-state index in [0.29, 0.717) is 18.9 Å². The molecule has 0 atom stereocenters. The highest BCUT2D eigenvalue weighted by Gasteiger charge is 2.18. The van der Waals surface area contributed by atoms with Crippen LogP contribution in [0.1, 0.15) is 23.1 Å². The van der Waals surface area contributed by atoms with Crippen LogP contribution in [0.2, 0.25) is 0 Å². The first-order valence-electron chi connectivity index (χ1n) is 10.2. The zero-order valence-corrected chi connectivity index (χ0v) is 17.2. The molecule has 2 aliphatic heterocycles. The Morgan fingerprint density at radius 1 is 1.00 bits per heavy atom. The number of nitrogens with zero attached hydrogens (tertiary/aromatic N) is 3. The van der Waals surface area contributed by atoms with Gasteiger partial charge in [0.25, 0.3) is 5.56 Å². The number of aromatic nitrogens is 4. The Kier molecular flexibility index (Phi) is 5.72. The standard InChI is InChI=1S/C23H25N5O2/c1-15-13-18-19(14-16(15)2)28(21-20(25-18)22(29)27-23(30)26-21)12-11-24-10-6-9-17-7-4-3-5-8-17/h3-5,7-8,13-14,24H,6,9-12H2,1-2H3,(H,27,29,30). The van der Waals surface area contributed by atoms with Crippen molar-refractivity contribution in [2.24, 2.45) is 0 Å². The molecule has 0 aromatic heterocycles. The predicted molar refractivity (Wildman–Crippen MR) is 118 cm³/mol. The Hall–Kier alpha value is -3.32. The summed E-state index contributed by atoms with van der Waals surface area (Å²) in [5.74, 6) is 0.325. The van der Waals surface area contributed by atoms with E-state index in [1.165, 1.54) is 5.56 Å². The quantitative estimate of drug-likeness (QED) is 0.365. The van der Waals surface area contributed by atoms with Gasteiger partial charge in [-0.25, -0.2) is 9.78 Å². The fourth-order valence-electron chi connectivity index (χ4n) is 3.65. The van der Waals surface area contributed by atoms with Gasteiger partial charge < -0.3 is 9.88 Å². The minimum atomic E-state index is -0.651. The van der Waals surface area contributed by atoms with Crippen LogP contribution in [0.4, 0.5) is 0 Å². The third-order valence-corrected chi connectivity index (χ3v) is 5.40. The van der Waals surface area contributed by atoms with Crippen LogP contribution in [-0.4, -0.2) is 32.6 Å². The maximum atomic E-state index is 12.3. The van der Waals surface area contributed by atoms with Gasteiger partial charge in [0, 0.05) is 13.1 Å². The molecule has 0 saturated heterocycles. The second-order valence-electron chi connectivity index (χ2n) is 7.57. The second kappa shape index (κ2) is 8.59. The van der Waals surface area contributed by atoms with Gasteiger partial charge in [0.2, 0.25) is 0 Å². The van der Waals surface area contributed by atoms with E-state index in [2.05, 4.69) is 44.5 Å². The van der Waals surface area contributed by atoms with Crippen LogP contribution in [-0.2, 0) is 13.0 Å². The number of fused-ring (bicyclic) bond motifs is 2. The Balaban J connectivity index is 1.56. The highest BCUT2D eigenvalue weighted by Crippen LogP contribution is 2.23. The molecule has 0 fully saturated rings. The monoisotopic (exact) mass is 403 g/mol. The lowest BCUT2D eigenvalue weighted by Crippen LogP contribution is -2.30. The van der Waals surface area contributed by atoms with Crippen molar-refractivity contribution in [3.8, 4) is 11.5 Å². The molecule has 2 aromatic rings. The number of H-pyrrole nitrogens is 1. The molecule has 0 bridgehead atoms. The lowest BCUT2D eigenvalue weighted by molar-refractivity contribution is 0.587. The topological polar surface area (TPSA) is 92.7 Å². The van der Waals surface area contributed by atoms with Gasteiger partial charge in [0.1, 0.15) is 0 Å². The Morgan fingerprint density at radius 2 is 1.77 bits per heavy atom. The van der Waals surface area contributed by atoms with Gasteiger partial charge in [0.05, 0.1) is 11.0 Å². The minimum absolute atomic E-state index is 0.189. The predicted octanol–water partition coefficient (Wildman–Crippen LogP) is 2.42. The zero-order chi connectivity index (χ0) is 21.1. The molecular formula is C23H25N5O2. The summed E-state index contributed by atoms with van der Waals surface area (Å²) >= 11 is 0. The average molecular weight is 403 g/mol. The smallest absolute Gasteiger partial charge is 0.321 e. The van der Waals surface area contributed by atoms with Gasteiger partial charge in [-0.15, -0.1) is 0 Å². The number of benzene rings is 2. The highest BCUT2D eigenvalue weighted by molar-refractivity contribution is 5.81. The van der Waals surface area contributed by atoms with Crippen molar-refractivity contribution in [2.75, 3.05) is 13.1 Å². The van der Waals surface area contributed by atoms with Gasteiger partial charge in [-0.2, -0.15) is 4.98 Å². The molecule has 7 nitrogen and oxygen atoms in total. The van der Waals surface area contributed by atoms with Crippen molar-refractivity contribution in [3.05, 3.63) is 80.0 Å². The molecule has 2 heterocycles. The number of hydrogen-bond donors (Lipinski definition) is 2. The van der Waals surface area contributed by atoms with E-state index in [9.17, 15) is 9.59 Å². The number of aryl methyl sites for hydroxylation is 3. The summed E-state index contributed by atoms with van der Waals surface area (Å²) in [6.07, 6.45) is 2.06. The van der Waals surface area contributed by atoms with Crippen LogP contribution in [0, 0.1) is 13.8 Å². The maximum absolute atomic E-state index is 12.3. The molecule has 2 N–H and O–H groups in total. The molecular weight excluding hydrogens is 378 g/mol. The van der Waals surface area contributed by atoms with Crippen LogP contribution >= 0.6 is 0 Å². The molecule has 154 valence electrons. The summed E-state index contributed by atoms with van der Waals surface area (Å²) < 4.78 is 1.92.